The Bertz CT molecular complexity index is 499. The second-order valence-electron chi connectivity index (χ2n) is 6.30. The van der Waals surface area contributed by atoms with E-state index in [4.69, 9.17) is 21.4 Å². The number of carbonyl (C=O) groups is 1. The Morgan fingerprint density at radius 3 is 2.23 bits per heavy atom. The van der Waals surface area contributed by atoms with Gasteiger partial charge in [0.05, 0.1) is 5.56 Å². The van der Waals surface area contributed by atoms with E-state index in [1.807, 2.05) is 32.9 Å². The zero-order chi connectivity index (χ0) is 16.8. The fourth-order valence-corrected chi connectivity index (χ4v) is 2.67. The molecule has 0 bridgehead atoms. The third kappa shape index (κ3) is 5.71. The molecule has 0 saturated heterocycles. The minimum absolute atomic E-state index is 0.282. The van der Waals surface area contributed by atoms with E-state index >= 15 is 0 Å². The molecule has 0 aromatic heterocycles. The Kier molecular flexibility index (Phi) is 6.93. The summed E-state index contributed by atoms with van der Waals surface area (Å²) in [6.45, 7) is 5.48. The van der Waals surface area contributed by atoms with E-state index in [0.29, 0.717) is 11.5 Å². The van der Waals surface area contributed by atoms with Gasteiger partial charge in [-0.05, 0) is 63.6 Å². The topological polar surface area (TPSA) is 35.5 Å². The minimum Gasteiger partial charge on any atom is -0.292 e. The fraction of sp³-hybridized carbons (Fsp3) is 0.500. The molecule has 120 valence electrons. The molecule has 1 aromatic carbocycles. The van der Waals surface area contributed by atoms with Crippen LogP contribution in [0.2, 0.25) is 0 Å². The first-order chi connectivity index (χ1) is 10.3. The van der Waals surface area contributed by atoms with Crippen LogP contribution in [-0.4, -0.2) is 16.9 Å². The maximum atomic E-state index is 11.8. The lowest BCUT2D eigenvalue weighted by Crippen LogP contribution is -2.21. The average molecular weight is 323 g/mol. The van der Waals surface area contributed by atoms with Crippen LogP contribution in [-0.2, 0) is 9.78 Å². The summed E-state index contributed by atoms with van der Waals surface area (Å²) >= 11 is 6.13. The van der Waals surface area contributed by atoms with Crippen LogP contribution in [0.5, 0.6) is 0 Å². The molecule has 2 rings (SSSR count). The normalized spacial score (nSPS) is 20.8. The molecule has 4 heteroatoms. The molecule has 3 nitrogen and oxygen atoms in total. The number of hydrogen-bond acceptors (Lipinski definition) is 3. The summed E-state index contributed by atoms with van der Waals surface area (Å²) in [7, 11) is 0. The molecule has 0 N–H and O–H groups in total. The molecule has 2 unspecified atom stereocenters. The molecule has 1 aliphatic rings. The molecule has 1 saturated carbocycles. The van der Waals surface area contributed by atoms with E-state index in [9.17, 15) is 4.79 Å². The highest BCUT2D eigenvalue weighted by Gasteiger charge is 2.24. The summed E-state index contributed by atoms with van der Waals surface area (Å²) in [4.78, 5) is 21.6. The first-order valence-electron chi connectivity index (χ1n) is 7.32. The smallest absolute Gasteiger partial charge is 0.292 e. The van der Waals surface area contributed by atoms with E-state index in [-0.39, 0.29) is 5.38 Å². The minimum atomic E-state index is -0.505. The molecule has 0 aliphatic heterocycles. The van der Waals surface area contributed by atoms with Crippen molar-refractivity contribution < 1.29 is 14.6 Å². The SMILES string of the molecule is C#C.CC(C)(C)OOC(=O)c1ccc(C2CCC(Cl)C2)cc1. The third-order valence-electron chi connectivity index (χ3n) is 3.35. The van der Waals surface area contributed by atoms with E-state index in [2.05, 4.69) is 12.8 Å². The number of hydrogen-bond donors (Lipinski definition) is 0. The van der Waals surface area contributed by atoms with Gasteiger partial charge >= 0.3 is 5.97 Å². The van der Waals surface area contributed by atoms with Gasteiger partial charge in [-0.15, -0.1) is 24.4 Å². The standard InChI is InChI=1S/C16H21ClO3.C2H2/c1-16(2,3)20-19-15(18)12-6-4-11(5-7-12)13-8-9-14(17)10-13;1-2/h4-7,13-14H,8-10H2,1-3H3;1-2H. The summed E-state index contributed by atoms with van der Waals surface area (Å²) in [5, 5.41) is 0.282. The molecule has 0 amide bonds. The zero-order valence-corrected chi connectivity index (χ0v) is 14.1. The summed E-state index contributed by atoms with van der Waals surface area (Å²) in [6, 6.07) is 7.52. The summed E-state index contributed by atoms with van der Waals surface area (Å²) in [5.74, 6) is 0.0431. The van der Waals surface area contributed by atoms with Crippen molar-refractivity contribution in [3.05, 3.63) is 35.4 Å². The largest absolute Gasteiger partial charge is 0.373 e. The molecule has 0 spiro atoms. The highest BCUT2D eigenvalue weighted by atomic mass is 35.5. The van der Waals surface area contributed by atoms with Crippen molar-refractivity contribution in [3.8, 4) is 12.8 Å². The van der Waals surface area contributed by atoms with Gasteiger partial charge in [-0.1, -0.05) is 12.1 Å². The number of rotatable bonds is 3. The van der Waals surface area contributed by atoms with Gasteiger partial charge in [-0.25, -0.2) is 4.79 Å². The lowest BCUT2D eigenvalue weighted by atomic mass is 9.97. The summed E-state index contributed by atoms with van der Waals surface area (Å²) in [5.41, 5.74) is 1.23. The molecule has 1 aliphatic carbocycles. The van der Waals surface area contributed by atoms with E-state index in [1.165, 1.54) is 5.56 Å². The number of terminal acetylenes is 1. The van der Waals surface area contributed by atoms with Gasteiger partial charge in [0.15, 0.2) is 0 Å². The van der Waals surface area contributed by atoms with Crippen molar-refractivity contribution in [3.63, 3.8) is 0 Å². The van der Waals surface area contributed by atoms with Crippen molar-refractivity contribution in [2.45, 2.75) is 56.9 Å². The maximum Gasteiger partial charge on any atom is 0.373 e. The van der Waals surface area contributed by atoms with E-state index in [0.717, 1.165) is 19.3 Å². The Balaban J connectivity index is 0.00000116. The summed E-state index contributed by atoms with van der Waals surface area (Å²) in [6.07, 6.45) is 11.2. The van der Waals surface area contributed by atoms with Crippen LogP contribution in [0.3, 0.4) is 0 Å². The second kappa shape index (κ2) is 8.22. The summed E-state index contributed by atoms with van der Waals surface area (Å²) < 4.78 is 0. The fourth-order valence-electron chi connectivity index (χ4n) is 2.33. The molecule has 1 aromatic rings. The quantitative estimate of drug-likeness (QED) is 0.350. The van der Waals surface area contributed by atoms with Crippen LogP contribution in [0.4, 0.5) is 0 Å². The molecular weight excluding hydrogens is 300 g/mol. The van der Waals surface area contributed by atoms with Crippen molar-refractivity contribution in [1.29, 1.82) is 0 Å². The maximum absolute atomic E-state index is 11.8. The molecule has 2 atom stereocenters. The molecular formula is C18H23ClO3. The number of carbonyl (C=O) groups excluding carboxylic acids is 1. The zero-order valence-electron chi connectivity index (χ0n) is 13.3. The van der Waals surface area contributed by atoms with Gasteiger partial charge in [-0.3, -0.25) is 4.89 Å². The van der Waals surface area contributed by atoms with Crippen molar-refractivity contribution in [1.82, 2.24) is 0 Å². The number of halogens is 1. The van der Waals surface area contributed by atoms with Crippen LogP contribution in [0.15, 0.2) is 24.3 Å². The number of benzene rings is 1. The Morgan fingerprint density at radius 1 is 1.18 bits per heavy atom. The highest BCUT2D eigenvalue weighted by molar-refractivity contribution is 6.20. The van der Waals surface area contributed by atoms with Crippen LogP contribution < -0.4 is 0 Å². The molecule has 1 fully saturated rings. The number of alkyl halides is 1. The van der Waals surface area contributed by atoms with Crippen LogP contribution >= 0.6 is 11.6 Å². The van der Waals surface area contributed by atoms with Crippen LogP contribution in [0.25, 0.3) is 0 Å². The molecule has 0 radical (unpaired) electrons. The van der Waals surface area contributed by atoms with E-state index < -0.39 is 11.6 Å². The second-order valence-corrected chi connectivity index (χ2v) is 6.91. The van der Waals surface area contributed by atoms with Gasteiger partial charge in [-0.2, -0.15) is 4.89 Å². The van der Waals surface area contributed by atoms with Crippen molar-refractivity contribution >= 4 is 17.6 Å². The van der Waals surface area contributed by atoms with Gasteiger partial charge in [0, 0.05) is 5.38 Å². The van der Waals surface area contributed by atoms with Gasteiger partial charge in [0.2, 0.25) is 0 Å². The highest BCUT2D eigenvalue weighted by Crippen LogP contribution is 2.37. The average Bonchev–Trinajstić information content (AvgIpc) is 2.93. The Hall–Kier alpha value is -1.50. The van der Waals surface area contributed by atoms with Gasteiger partial charge < -0.3 is 0 Å². The third-order valence-corrected chi connectivity index (χ3v) is 3.75. The lowest BCUT2D eigenvalue weighted by molar-refractivity contribution is -0.301. The molecule has 22 heavy (non-hydrogen) atoms. The first-order valence-corrected chi connectivity index (χ1v) is 7.76. The van der Waals surface area contributed by atoms with Crippen molar-refractivity contribution in [2.24, 2.45) is 0 Å². The predicted octanol–water partition coefficient (Wildman–Crippen LogP) is 4.70. The Labute approximate surface area is 137 Å². The van der Waals surface area contributed by atoms with Gasteiger partial charge in [0.25, 0.3) is 0 Å². The molecule has 0 heterocycles. The van der Waals surface area contributed by atoms with Crippen molar-refractivity contribution in [2.75, 3.05) is 0 Å². The monoisotopic (exact) mass is 322 g/mol. The van der Waals surface area contributed by atoms with E-state index in [1.54, 1.807) is 12.1 Å². The lowest BCUT2D eigenvalue weighted by Gasteiger charge is -2.16. The predicted molar refractivity (Wildman–Crippen MR) is 88.8 cm³/mol. The first kappa shape index (κ1) is 18.5. The van der Waals surface area contributed by atoms with Crippen LogP contribution in [0, 0.1) is 12.8 Å². The van der Waals surface area contributed by atoms with Gasteiger partial charge in [0.1, 0.15) is 5.60 Å². The Morgan fingerprint density at radius 2 is 1.77 bits per heavy atom. The van der Waals surface area contributed by atoms with Crippen LogP contribution in [0.1, 0.15) is 61.9 Å².